The summed E-state index contributed by atoms with van der Waals surface area (Å²) in [4.78, 5) is 38.5. The van der Waals surface area contributed by atoms with Gasteiger partial charge in [-0.3, -0.25) is 9.59 Å². The number of methoxy groups -OCH3 is 1. The average molecular weight is 457 g/mol. The molecule has 0 spiro atoms. The molecule has 2 amide bonds. The summed E-state index contributed by atoms with van der Waals surface area (Å²) < 4.78 is 5.24. The fourth-order valence-electron chi connectivity index (χ4n) is 4.81. The SMILES string of the molecule is COc1ccc(-c2nccc(C3CCCN3C(=O)c3cccc(CN4CCCC4=O)c3)n2)cc1. The Bertz CT molecular complexity index is 1190. The number of likely N-dealkylation sites (tertiary alicyclic amines) is 2. The minimum Gasteiger partial charge on any atom is -0.497 e. The molecule has 7 nitrogen and oxygen atoms in total. The van der Waals surface area contributed by atoms with E-state index >= 15 is 0 Å². The second kappa shape index (κ2) is 9.63. The molecule has 7 heteroatoms. The van der Waals surface area contributed by atoms with Gasteiger partial charge in [0.1, 0.15) is 5.75 Å². The molecule has 2 saturated heterocycles. The van der Waals surface area contributed by atoms with E-state index in [4.69, 9.17) is 9.72 Å². The Labute approximate surface area is 199 Å². The molecule has 0 saturated carbocycles. The van der Waals surface area contributed by atoms with Crippen LogP contribution in [-0.2, 0) is 11.3 Å². The zero-order chi connectivity index (χ0) is 23.5. The van der Waals surface area contributed by atoms with Gasteiger partial charge in [-0.1, -0.05) is 12.1 Å². The van der Waals surface area contributed by atoms with Crippen molar-refractivity contribution in [3.8, 4) is 17.1 Å². The monoisotopic (exact) mass is 456 g/mol. The van der Waals surface area contributed by atoms with Crippen LogP contribution in [0.2, 0.25) is 0 Å². The number of benzene rings is 2. The topological polar surface area (TPSA) is 75.6 Å². The summed E-state index contributed by atoms with van der Waals surface area (Å²) >= 11 is 0. The summed E-state index contributed by atoms with van der Waals surface area (Å²) in [6, 6.07) is 17.1. The summed E-state index contributed by atoms with van der Waals surface area (Å²) in [7, 11) is 1.64. The zero-order valence-corrected chi connectivity index (χ0v) is 19.3. The second-order valence-corrected chi connectivity index (χ2v) is 8.81. The van der Waals surface area contributed by atoms with Crippen molar-refractivity contribution in [2.45, 2.75) is 38.3 Å². The first kappa shape index (κ1) is 22.1. The van der Waals surface area contributed by atoms with Gasteiger partial charge in [0.15, 0.2) is 5.82 Å². The van der Waals surface area contributed by atoms with Crippen LogP contribution in [0.3, 0.4) is 0 Å². The number of carbonyl (C=O) groups is 2. The Kier molecular flexibility index (Phi) is 6.25. The molecule has 0 bridgehead atoms. The third-order valence-corrected chi connectivity index (χ3v) is 6.60. The highest BCUT2D eigenvalue weighted by Gasteiger charge is 2.32. The maximum absolute atomic E-state index is 13.5. The normalized spacial score (nSPS) is 17.9. The van der Waals surface area contributed by atoms with Gasteiger partial charge in [0.2, 0.25) is 5.91 Å². The Morgan fingerprint density at radius 3 is 2.71 bits per heavy atom. The first-order valence-electron chi connectivity index (χ1n) is 11.8. The van der Waals surface area contributed by atoms with E-state index in [1.807, 2.05) is 64.4 Å². The van der Waals surface area contributed by atoms with E-state index in [9.17, 15) is 9.59 Å². The lowest BCUT2D eigenvalue weighted by Gasteiger charge is -2.25. The lowest BCUT2D eigenvalue weighted by Crippen LogP contribution is -2.31. The van der Waals surface area contributed by atoms with Gasteiger partial charge < -0.3 is 14.5 Å². The number of aromatic nitrogens is 2. The molecule has 5 rings (SSSR count). The molecule has 2 aliphatic rings. The number of ether oxygens (including phenoxy) is 1. The predicted molar refractivity (Wildman–Crippen MR) is 128 cm³/mol. The van der Waals surface area contributed by atoms with E-state index in [1.165, 1.54) is 0 Å². The van der Waals surface area contributed by atoms with E-state index < -0.39 is 0 Å². The predicted octanol–water partition coefficient (Wildman–Crippen LogP) is 4.25. The summed E-state index contributed by atoms with van der Waals surface area (Å²) in [5.74, 6) is 1.61. The van der Waals surface area contributed by atoms with E-state index in [1.54, 1.807) is 13.3 Å². The fourth-order valence-corrected chi connectivity index (χ4v) is 4.81. The van der Waals surface area contributed by atoms with Crippen molar-refractivity contribution < 1.29 is 14.3 Å². The lowest BCUT2D eigenvalue weighted by atomic mass is 10.1. The molecule has 174 valence electrons. The first-order chi connectivity index (χ1) is 16.6. The van der Waals surface area contributed by atoms with Crippen LogP contribution < -0.4 is 4.74 Å². The molecule has 2 aromatic carbocycles. The van der Waals surface area contributed by atoms with Gasteiger partial charge in [-0.2, -0.15) is 0 Å². The number of hydrogen-bond acceptors (Lipinski definition) is 5. The van der Waals surface area contributed by atoms with Crippen LogP contribution >= 0.6 is 0 Å². The van der Waals surface area contributed by atoms with E-state index in [2.05, 4.69) is 4.98 Å². The van der Waals surface area contributed by atoms with Crippen LogP contribution in [0.4, 0.5) is 0 Å². The van der Waals surface area contributed by atoms with Crippen molar-refractivity contribution >= 4 is 11.8 Å². The largest absolute Gasteiger partial charge is 0.497 e. The van der Waals surface area contributed by atoms with Gasteiger partial charge in [0, 0.05) is 43.4 Å². The van der Waals surface area contributed by atoms with Gasteiger partial charge in [-0.05, 0) is 67.3 Å². The lowest BCUT2D eigenvalue weighted by molar-refractivity contribution is -0.128. The maximum atomic E-state index is 13.5. The van der Waals surface area contributed by atoms with Crippen LogP contribution in [-0.4, -0.2) is 51.8 Å². The van der Waals surface area contributed by atoms with E-state index in [-0.39, 0.29) is 17.9 Å². The molecule has 3 heterocycles. The highest BCUT2D eigenvalue weighted by atomic mass is 16.5. The van der Waals surface area contributed by atoms with E-state index in [0.29, 0.717) is 30.9 Å². The zero-order valence-electron chi connectivity index (χ0n) is 19.3. The molecule has 1 atom stereocenters. The van der Waals surface area contributed by atoms with Gasteiger partial charge in [0.05, 0.1) is 18.8 Å². The molecule has 2 aliphatic heterocycles. The Morgan fingerprint density at radius 2 is 1.94 bits per heavy atom. The fraction of sp³-hybridized carbons (Fsp3) is 0.333. The Hall–Kier alpha value is -3.74. The van der Waals surface area contributed by atoms with Crippen molar-refractivity contribution in [1.82, 2.24) is 19.8 Å². The summed E-state index contributed by atoms with van der Waals surface area (Å²) in [5.41, 5.74) is 3.40. The van der Waals surface area contributed by atoms with Crippen molar-refractivity contribution in [1.29, 1.82) is 0 Å². The molecule has 0 N–H and O–H groups in total. The molecule has 34 heavy (non-hydrogen) atoms. The van der Waals surface area contributed by atoms with Crippen molar-refractivity contribution in [3.05, 3.63) is 77.6 Å². The van der Waals surface area contributed by atoms with E-state index in [0.717, 1.165) is 48.4 Å². The number of nitrogens with zero attached hydrogens (tertiary/aromatic N) is 4. The summed E-state index contributed by atoms with van der Waals surface area (Å²) in [6.07, 6.45) is 5.08. The third kappa shape index (κ3) is 4.51. The Balaban J connectivity index is 1.35. The van der Waals surface area contributed by atoms with Gasteiger partial charge in [-0.25, -0.2) is 9.97 Å². The highest BCUT2D eigenvalue weighted by Crippen LogP contribution is 2.33. The second-order valence-electron chi connectivity index (χ2n) is 8.81. The number of amides is 2. The molecule has 1 unspecified atom stereocenters. The summed E-state index contributed by atoms with van der Waals surface area (Å²) in [6.45, 7) is 2.04. The molecule has 0 radical (unpaired) electrons. The minimum absolute atomic E-state index is 0.00158. The highest BCUT2D eigenvalue weighted by molar-refractivity contribution is 5.95. The molecule has 2 fully saturated rings. The van der Waals surface area contributed by atoms with Crippen LogP contribution in [0, 0.1) is 0 Å². The number of carbonyl (C=O) groups excluding carboxylic acids is 2. The first-order valence-corrected chi connectivity index (χ1v) is 11.8. The van der Waals surface area contributed by atoms with Crippen LogP contribution in [0.15, 0.2) is 60.8 Å². The van der Waals surface area contributed by atoms with Gasteiger partial charge in [0.25, 0.3) is 5.91 Å². The molecular formula is C27H28N4O3. The van der Waals surface area contributed by atoms with Crippen molar-refractivity contribution in [3.63, 3.8) is 0 Å². The molecule has 0 aliphatic carbocycles. The van der Waals surface area contributed by atoms with Gasteiger partial charge in [-0.15, -0.1) is 0 Å². The Morgan fingerprint density at radius 1 is 1.09 bits per heavy atom. The average Bonchev–Trinajstić information content (AvgIpc) is 3.53. The van der Waals surface area contributed by atoms with Gasteiger partial charge >= 0.3 is 0 Å². The third-order valence-electron chi connectivity index (χ3n) is 6.60. The van der Waals surface area contributed by atoms with Crippen LogP contribution in [0.1, 0.15) is 53.3 Å². The maximum Gasteiger partial charge on any atom is 0.254 e. The number of hydrogen-bond donors (Lipinski definition) is 0. The standard InChI is InChI=1S/C27H28N4O3/c1-34-22-11-9-20(10-12-22)26-28-14-13-23(29-26)24-7-3-16-31(24)27(33)21-6-2-5-19(17-21)18-30-15-4-8-25(30)32/h2,5-6,9-14,17,24H,3-4,7-8,15-16,18H2,1H3. The van der Waals surface area contributed by atoms with Crippen LogP contribution in [0.5, 0.6) is 5.75 Å². The minimum atomic E-state index is -0.0867. The quantitative estimate of drug-likeness (QED) is 0.554. The molecular weight excluding hydrogens is 428 g/mol. The van der Waals surface area contributed by atoms with Crippen LogP contribution in [0.25, 0.3) is 11.4 Å². The molecule has 1 aromatic heterocycles. The van der Waals surface area contributed by atoms with Crippen molar-refractivity contribution in [2.75, 3.05) is 20.2 Å². The number of rotatable bonds is 6. The van der Waals surface area contributed by atoms with Crippen molar-refractivity contribution in [2.24, 2.45) is 0 Å². The smallest absolute Gasteiger partial charge is 0.254 e. The summed E-state index contributed by atoms with van der Waals surface area (Å²) in [5, 5.41) is 0. The molecule has 3 aromatic rings.